The number of halogens is 1. The summed E-state index contributed by atoms with van der Waals surface area (Å²) < 4.78 is 0. The molecule has 0 aliphatic carbocycles. The molecule has 1 N–H and O–H groups in total. The molecular weight excluding hydrogens is 400 g/mol. The Balaban J connectivity index is 1.41. The Morgan fingerprint density at radius 2 is 1.83 bits per heavy atom. The minimum atomic E-state index is -0.381. The summed E-state index contributed by atoms with van der Waals surface area (Å²) in [5.74, 6) is -0.559. The Hall–Kier alpha value is -2.57. The molecule has 0 radical (unpaired) electrons. The standard InChI is InChI=1S/C23H27ClN4O2/c1-16-12-19(27-10-8-26(2)9-11-27)6-7-21(16)25-23(30)17-13-22(29)28(15-17)20-5-3-4-18(24)14-20/h3-7,12,14,17H,8-11,13,15H2,1-2H3,(H,25,30)/t17-/m0/s1. The Morgan fingerprint density at radius 1 is 1.07 bits per heavy atom. The quantitative estimate of drug-likeness (QED) is 0.814. The highest BCUT2D eigenvalue weighted by atomic mass is 35.5. The lowest BCUT2D eigenvalue weighted by Crippen LogP contribution is -2.44. The molecule has 4 rings (SSSR count). The van der Waals surface area contributed by atoms with E-state index >= 15 is 0 Å². The van der Waals surface area contributed by atoms with Gasteiger partial charge in [0.05, 0.1) is 5.92 Å². The topological polar surface area (TPSA) is 55.9 Å². The summed E-state index contributed by atoms with van der Waals surface area (Å²) in [6.07, 6.45) is 0.205. The molecule has 2 amide bonds. The van der Waals surface area contributed by atoms with Gasteiger partial charge in [0.25, 0.3) is 0 Å². The van der Waals surface area contributed by atoms with Crippen molar-refractivity contribution in [1.29, 1.82) is 0 Å². The number of nitrogens with one attached hydrogen (secondary N) is 1. The molecule has 0 aromatic heterocycles. The summed E-state index contributed by atoms with van der Waals surface area (Å²) in [7, 11) is 2.14. The van der Waals surface area contributed by atoms with Crippen LogP contribution in [-0.2, 0) is 9.59 Å². The maximum Gasteiger partial charge on any atom is 0.229 e. The third-order valence-electron chi connectivity index (χ3n) is 5.95. The van der Waals surface area contributed by atoms with Crippen molar-refractivity contribution in [2.24, 2.45) is 5.92 Å². The van der Waals surface area contributed by atoms with Gasteiger partial charge in [-0.05, 0) is 55.9 Å². The number of likely N-dealkylation sites (N-methyl/N-ethyl adjacent to an activating group) is 1. The van der Waals surface area contributed by atoms with Crippen LogP contribution in [0, 0.1) is 12.8 Å². The normalized spacial score (nSPS) is 20.0. The van der Waals surface area contributed by atoms with Crippen LogP contribution in [0.1, 0.15) is 12.0 Å². The predicted octanol–water partition coefficient (Wildman–Crippen LogP) is 3.39. The van der Waals surface area contributed by atoms with Crippen LogP contribution in [0.3, 0.4) is 0 Å². The summed E-state index contributed by atoms with van der Waals surface area (Å²) >= 11 is 6.05. The fourth-order valence-electron chi connectivity index (χ4n) is 4.06. The summed E-state index contributed by atoms with van der Waals surface area (Å²) in [4.78, 5) is 31.6. The van der Waals surface area contributed by atoms with Crippen LogP contribution in [-0.4, -0.2) is 56.5 Å². The van der Waals surface area contributed by atoms with Crippen LogP contribution in [0.25, 0.3) is 0 Å². The van der Waals surface area contributed by atoms with Crippen molar-refractivity contribution in [1.82, 2.24) is 4.90 Å². The average molecular weight is 427 g/mol. The van der Waals surface area contributed by atoms with E-state index in [1.54, 1.807) is 17.0 Å². The van der Waals surface area contributed by atoms with E-state index < -0.39 is 0 Å². The molecule has 6 nitrogen and oxygen atoms in total. The molecule has 2 aliphatic heterocycles. The van der Waals surface area contributed by atoms with Crippen LogP contribution < -0.4 is 15.1 Å². The van der Waals surface area contributed by atoms with Gasteiger partial charge in [0.1, 0.15) is 0 Å². The zero-order valence-electron chi connectivity index (χ0n) is 17.4. The minimum absolute atomic E-state index is 0.0560. The van der Waals surface area contributed by atoms with Crippen LogP contribution in [0.4, 0.5) is 17.1 Å². The van der Waals surface area contributed by atoms with Crippen molar-refractivity contribution >= 4 is 40.5 Å². The smallest absolute Gasteiger partial charge is 0.229 e. The fraction of sp³-hybridized carbons (Fsp3) is 0.391. The number of rotatable bonds is 4. The van der Waals surface area contributed by atoms with E-state index in [1.165, 1.54) is 5.69 Å². The Kier molecular flexibility index (Phi) is 5.97. The largest absolute Gasteiger partial charge is 0.369 e. The number of aryl methyl sites for hydroxylation is 1. The lowest BCUT2D eigenvalue weighted by atomic mass is 10.1. The third kappa shape index (κ3) is 4.45. The van der Waals surface area contributed by atoms with Crippen molar-refractivity contribution in [2.45, 2.75) is 13.3 Å². The Bertz CT molecular complexity index is 956. The van der Waals surface area contributed by atoms with E-state index in [-0.39, 0.29) is 24.2 Å². The molecule has 2 fully saturated rings. The van der Waals surface area contributed by atoms with E-state index in [0.717, 1.165) is 43.1 Å². The van der Waals surface area contributed by atoms with E-state index in [2.05, 4.69) is 34.3 Å². The molecule has 2 aromatic rings. The molecule has 0 bridgehead atoms. The van der Waals surface area contributed by atoms with Gasteiger partial charge >= 0.3 is 0 Å². The third-order valence-corrected chi connectivity index (χ3v) is 6.19. The first-order valence-corrected chi connectivity index (χ1v) is 10.7. The number of piperazine rings is 1. The number of anilines is 3. The van der Waals surface area contributed by atoms with Crippen molar-refractivity contribution < 1.29 is 9.59 Å². The molecule has 2 aliphatic rings. The van der Waals surface area contributed by atoms with Gasteiger partial charge in [-0.25, -0.2) is 0 Å². The maximum absolute atomic E-state index is 12.8. The van der Waals surface area contributed by atoms with E-state index in [0.29, 0.717) is 11.6 Å². The number of carbonyl (C=O) groups is 2. The van der Waals surface area contributed by atoms with E-state index in [4.69, 9.17) is 11.6 Å². The predicted molar refractivity (Wildman–Crippen MR) is 121 cm³/mol. The zero-order chi connectivity index (χ0) is 21.3. The molecule has 30 heavy (non-hydrogen) atoms. The van der Waals surface area contributed by atoms with Crippen molar-refractivity contribution in [3.05, 3.63) is 53.1 Å². The van der Waals surface area contributed by atoms with Gasteiger partial charge in [-0.15, -0.1) is 0 Å². The molecule has 7 heteroatoms. The first-order valence-electron chi connectivity index (χ1n) is 10.3. The number of amides is 2. The van der Waals surface area contributed by atoms with Gasteiger partial charge in [0.15, 0.2) is 0 Å². The average Bonchev–Trinajstić information content (AvgIpc) is 3.12. The van der Waals surface area contributed by atoms with Crippen molar-refractivity contribution in [3.8, 4) is 0 Å². The Morgan fingerprint density at radius 3 is 2.53 bits per heavy atom. The second kappa shape index (κ2) is 8.66. The molecular formula is C23H27ClN4O2. The highest BCUT2D eigenvalue weighted by Crippen LogP contribution is 2.29. The number of hydrogen-bond acceptors (Lipinski definition) is 4. The molecule has 2 aromatic carbocycles. The summed E-state index contributed by atoms with van der Waals surface area (Å²) in [5.41, 5.74) is 3.74. The lowest BCUT2D eigenvalue weighted by Gasteiger charge is -2.34. The monoisotopic (exact) mass is 426 g/mol. The molecule has 158 valence electrons. The molecule has 2 saturated heterocycles. The van der Waals surface area contributed by atoms with Crippen LogP contribution >= 0.6 is 11.6 Å². The first-order chi connectivity index (χ1) is 14.4. The number of hydrogen-bond donors (Lipinski definition) is 1. The van der Waals surface area contributed by atoms with Gasteiger partial charge in [-0.2, -0.15) is 0 Å². The minimum Gasteiger partial charge on any atom is -0.369 e. The summed E-state index contributed by atoms with van der Waals surface area (Å²) in [5, 5.41) is 3.60. The summed E-state index contributed by atoms with van der Waals surface area (Å²) in [6, 6.07) is 13.3. The molecule has 1 atom stereocenters. The van der Waals surface area contributed by atoms with Crippen LogP contribution in [0.2, 0.25) is 5.02 Å². The first kappa shape index (κ1) is 20.7. The second-order valence-corrected chi connectivity index (χ2v) is 8.60. The number of benzene rings is 2. The number of carbonyl (C=O) groups excluding carboxylic acids is 2. The lowest BCUT2D eigenvalue weighted by molar-refractivity contribution is -0.122. The van der Waals surface area contributed by atoms with Crippen molar-refractivity contribution in [3.63, 3.8) is 0 Å². The summed E-state index contributed by atoms with van der Waals surface area (Å²) in [6.45, 7) is 6.49. The van der Waals surface area contributed by atoms with Gasteiger partial charge in [-0.1, -0.05) is 17.7 Å². The van der Waals surface area contributed by atoms with E-state index in [9.17, 15) is 9.59 Å². The zero-order valence-corrected chi connectivity index (χ0v) is 18.2. The van der Waals surface area contributed by atoms with Crippen molar-refractivity contribution in [2.75, 3.05) is 54.9 Å². The fourth-order valence-corrected chi connectivity index (χ4v) is 4.25. The van der Waals surface area contributed by atoms with E-state index in [1.807, 2.05) is 25.1 Å². The highest BCUT2D eigenvalue weighted by Gasteiger charge is 2.35. The maximum atomic E-state index is 12.8. The molecule has 2 heterocycles. The SMILES string of the molecule is Cc1cc(N2CCN(C)CC2)ccc1NC(=O)[C@H]1CC(=O)N(c2cccc(Cl)c2)C1. The highest BCUT2D eigenvalue weighted by molar-refractivity contribution is 6.31. The molecule has 0 saturated carbocycles. The van der Waals surface area contributed by atoms with Crippen LogP contribution in [0.5, 0.6) is 0 Å². The van der Waals surface area contributed by atoms with Gasteiger partial charge in [0, 0.05) is 61.2 Å². The van der Waals surface area contributed by atoms with Gasteiger partial charge in [0.2, 0.25) is 11.8 Å². The second-order valence-electron chi connectivity index (χ2n) is 8.16. The van der Waals surface area contributed by atoms with Crippen LogP contribution in [0.15, 0.2) is 42.5 Å². The molecule has 0 unspecified atom stereocenters. The Labute approximate surface area is 182 Å². The van der Waals surface area contributed by atoms with Gasteiger partial charge in [-0.3, -0.25) is 9.59 Å². The molecule has 0 spiro atoms. The van der Waals surface area contributed by atoms with Gasteiger partial charge < -0.3 is 20.0 Å². The number of nitrogens with zero attached hydrogens (tertiary/aromatic N) is 3.